The lowest BCUT2D eigenvalue weighted by molar-refractivity contribution is 0.600. The van der Waals surface area contributed by atoms with E-state index in [1.54, 1.807) is 0 Å². The Morgan fingerprint density at radius 2 is 1.93 bits per heavy atom. The van der Waals surface area contributed by atoms with E-state index in [0.717, 1.165) is 10.5 Å². The highest BCUT2D eigenvalue weighted by atomic mass is 29.2. The summed E-state index contributed by atoms with van der Waals surface area (Å²) in [5.74, 6) is 0. The van der Waals surface area contributed by atoms with Gasteiger partial charge in [-0.2, -0.15) is 0 Å². The van der Waals surface area contributed by atoms with E-state index in [4.69, 9.17) is 8.23 Å². The zero-order valence-corrected chi connectivity index (χ0v) is 15.7. The number of hydrogen-bond acceptors (Lipinski definition) is 2. The molecule has 0 bridgehead atoms. The minimum Gasteiger partial charge on any atom is -0.465 e. The minimum atomic E-state index is -1.30. The van der Waals surface area contributed by atoms with Crippen molar-refractivity contribution in [3.05, 3.63) is 35.9 Å². The fourth-order valence-corrected chi connectivity index (χ4v) is 12.2. The topological polar surface area (TPSA) is 18.5 Å². The summed E-state index contributed by atoms with van der Waals surface area (Å²) in [6.07, 6.45) is 0. The van der Waals surface area contributed by atoms with E-state index < -0.39 is 7.83 Å². The first-order valence-electron chi connectivity index (χ1n) is 5.31. The van der Waals surface area contributed by atoms with Crippen molar-refractivity contribution in [2.75, 3.05) is 0 Å². The maximum absolute atomic E-state index is 5.93. The smallest absolute Gasteiger partial charge is 0.183 e. The van der Waals surface area contributed by atoms with Crippen LogP contribution in [-0.2, 0) is 14.3 Å². The highest BCUT2D eigenvalue weighted by Crippen LogP contribution is 2.01. The third kappa shape index (κ3) is 5.59. The van der Waals surface area contributed by atoms with Gasteiger partial charge in [0.05, 0.1) is 0 Å². The van der Waals surface area contributed by atoms with Gasteiger partial charge in [-0.1, -0.05) is 30.3 Å². The van der Waals surface area contributed by atoms with Crippen LogP contribution in [0, 0.1) is 0 Å². The van der Waals surface area contributed by atoms with Crippen molar-refractivity contribution in [1.82, 2.24) is 0 Å². The van der Waals surface area contributed by atoms with Gasteiger partial charge in [0.15, 0.2) is 17.1 Å². The predicted octanol–water partition coefficient (Wildman–Crippen LogP) is -0.630. The molecule has 1 aromatic carbocycles. The van der Waals surface area contributed by atoms with Crippen LogP contribution in [0.2, 0.25) is 13.1 Å². The van der Waals surface area contributed by atoms with Crippen LogP contribution in [-0.4, -0.2) is 37.4 Å². The molecule has 0 radical (unpaired) electrons. The average Bonchev–Trinajstić information content (AvgIpc) is 2.26. The zero-order valence-electron chi connectivity index (χ0n) is 9.82. The molecule has 0 heterocycles. The number of benzene rings is 1. The van der Waals surface area contributed by atoms with Gasteiger partial charge in [-0.05, 0) is 24.7 Å². The molecule has 0 aliphatic carbocycles. The zero-order chi connectivity index (χ0) is 11.1. The standard InChI is InChI=1S/C9H20O2Si4/c1-15(2,10-12)14-11-13-8-9-6-4-3-5-7-9/h3-7H,8,13-14H2,1-2,12H3. The van der Waals surface area contributed by atoms with Crippen LogP contribution < -0.4 is 0 Å². The van der Waals surface area contributed by atoms with E-state index >= 15 is 0 Å². The maximum atomic E-state index is 5.93. The molecule has 84 valence electrons. The first-order chi connectivity index (χ1) is 7.14. The third-order valence-electron chi connectivity index (χ3n) is 2.38. The van der Waals surface area contributed by atoms with Crippen LogP contribution in [0.15, 0.2) is 30.3 Å². The Bertz CT molecular complexity index is 279. The molecule has 0 saturated heterocycles. The van der Waals surface area contributed by atoms with E-state index in [9.17, 15) is 0 Å². The van der Waals surface area contributed by atoms with Crippen molar-refractivity contribution < 1.29 is 8.23 Å². The molecule has 0 aliphatic heterocycles. The van der Waals surface area contributed by atoms with Crippen LogP contribution in [0.25, 0.3) is 0 Å². The summed E-state index contributed by atoms with van der Waals surface area (Å²) in [7, 11) is -1.14. The molecule has 1 aromatic rings. The molecular formula is C9H20O2Si4. The fraction of sp³-hybridized carbons (Fsp3) is 0.333. The average molecular weight is 273 g/mol. The fourth-order valence-electron chi connectivity index (χ4n) is 1.21. The van der Waals surface area contributed by atoms with Gasteiger partial charge >= 0.3 is 0 Å². The summed E-state index contributed by atoms with van der Waals surface area (Å²) < 4.78 is 11.6. The second kappa shape index (κ2) is 6.56. The summed E-state index contributed by atoms with van der Waals surface area (Å²) >= 11 is 0. The van der Waals surface area contributed by atoms with Crippen LogP contribution in [0.5, 0.6) is 0 Å². The Hall–Kier alpha value is 0.00753. The lowest BCUT2D eigenvalue weighted by Crippen LogP contribution is -2.40. The molecule has 0 atom stereocenters. The molecule has 2 nitrogen and oxygen atoms in total. The molecule has 0 aromatic heterocycles. The van der Waals surface area contributed by atoms with Gasteiger partial charge in [-0.3, -0.25) is 0 Å². The molecule has 0 N–H and O–H groups in total. The van der Waals surface area contributed by atoms with Gasteiger partial charge in [0.1, 0.15) is 20.2 Å². The van der Waals surface area contributed by atoms with Gasteiger partial charge in [0.2, 0.25) is 0 Å². The van der Waals surface area contributed by atoms with Crippen molar-refractivity contribution in [2.24, 2.45) is 0 Å². The van der Waals surface area contributed by atoms with E-state index in [1.165, 1.54) is 11.6 Å². The van der Waals surface area contributed by atoms with E-state index in [1.807, 2.05) is 0 Å². The van der Waals surface area contributed by atoms with Gasteiger partial charge in [0, 0.05) is 0 Å². The molecule has 0 unspecified atom stereocenters. The van der Waals surface area contributed by atoms with Crippen LogP contribution >= 0.6 is 0 Å². The van der Waals surface area contributed by atoms with Crippen molar-refractivity contribution >= 4 is 37.4 Å². The summed E-state index contributed by atoms with van der Waals surface area (Å²) in [5.41, 5.74) is 1.42. The van der Waals surface area contributed by atoms with E-state index in [-0.39, 0.29) is 19.0 Å². The molecule has 0 amide bonds. The maximum Gasteiger partial charge on any atom is 0.183 e. The van der Waals surface area contributed by atoms with Crippen LogP contribution in [0.1, 0.15) is 5.56 Å². The Kier molecular flexibility index (Phi) is 5.72. The Labute approximate surface area is 101 Å². The molecular weight excluding hydrogens is 252 g/mol. The lowest BCUT2D eigenvalue weighted by atomic mass is 10.2. The monoisotopic (exact) mass is 272 g/mol. The quantitative estimate of drug-likeness (QED) is 0.507. The number of hydrogen-bond donors (Lipinski definition) is 0. The molecule has 1 rings (SSSR count). The summed E-state index contributed by atoms with van der Waals surface area (Å²) in [5, 5.41) is 0. The van der Waals surface area contributed by atoms with Crippen LogP contribution in [0.3, 0.4) is 0 Å². The van der Waals surface area contributed by atoms with Crippen molar-refractivity contribution in [3.63, 3.8) is 0 Å². The molecule has 6 heteroatoms. The Morgan fingerprint density at radius 3 is 2.53 bits per heavy atom. The Morgan fingerprint density at radius 1 is 1.27 bits per heavy atom. The molecule has 0 aliphatic rings. The second-order valence-electron chi connectivity index (χ2n) is 4.25. The minimum absolute atomic E-state index is 0.344. The van der Waals surface area contributed by atoms with Gasteiger partial charge in [-0.15, -0.1) is 0 Å². The molecule has 0 saturated carbocycles. The summed E-state index contributed by atoms with van der Waals surface area (Å²) in [6.45, 7) is 4.56. The first kappa shape index (κ1) is 13.1. The van der Waals surface area contributed by atoms with Crippen molar-refractivity contribution in [3.8, 4) is 0 Å². The lowest BCUT2D eigenvalue weighted by Gasteiger charge is -2.19. The predicted molar refractivity (Wildman–Crippen MR) is 76.8 cm³/mol. The van der Waals surface area contributed by atoms with E-state index in [2.05, 4.69) is 43.4 Å². The Balaban J connectivity index is 2.18. The molecule has 15 heavy (non-hydrogen) atoms. The van der Waals surface area contributed by atoms with Crippen LogP contribution in [0.4, 0.5) is 0 Å². The largest absolute Gasteiger partial charge is 0.465 e. The molecule has 0 fully saturated rings. The van der Waals surface area contributed by atoms with Gasteiger partial charge < -0.3 is 8.23 Å². The summed E-state index contributed by atoms with van der Waals surface area (Å²) in [6, 6.07) is 11.8. The van der Waals surface area contributed by atoms with E-state index in [0.29, 0.717) is 0 Å². The molecule has 0 spiro atoms. The normalized spacial score (nSPS) is 13.5. The number of rotatable bonds is 6. The highest BCUT2D eigenvalue weighted by Gasteiger charge is 2.20. The first-order valence-corrected chi connectivity index (χ1v) is 13.5. The second-order valence-corrected chi connectivity index (χ2v) is 18.2. The third-order valence-corrected chi connectivity index (χ3v) is 16.8. The van der Waals surface area contributed by atoms with Crippen molar-refractivity contribution in [2.45, 2.75) is 19.1 Å². The van der Waals surface area contributed by atoms with Crippen molar-refractivity contribution in [1.29, 1.82) is 0 Å². The SMILES string of the molecule is C[Si](C)(O[SiH3])[SiH2]O[SiH2]Cc1ccccc1. The van der Waals surface area contributed by atoms with Gasteiger partial charge in [0.25, 0.3) is 0 Å². The summed E-state index contributed by atoms with van der Waals surface area (Å²) in [4.78, 5) is 0. The van der Waals surface area contributed by atoms with Gasteiger partial charge in [-0.25, -0.2) is 0 Å². The highest BCUT2D eigenvalue weighted by molar-refractivity contribution is 7.19.